The fraction of sp³-hybridized carbons (Fsp3) is 0.433. The number of carbonyl (C=O) groups excluding carboxylic acids is 2. The van der Waals surface area contributed by atoms with Crippen LogP contribution in [0.2, 0.25) is 0 Å². The van der Waals surface area contributed by atoms with Crippen LogP contribution in [0.25, 0.3) is 5.69 Å². The topological polar surface area (TPSA) is 85.7 Å². The largest absolute Gasteiger partial charge is 0.497 e. The van der Waals surface area contributed by atoms with Gasteiger partial charge in [0.2, 0.25) is 5.91 Å². The van der Waals surface area contributed by atoms with Crippen LogP contribution < -0.4 is 14.8 Å². The number of amides is 2. The molecule has 2 amide bonds. The van der Waals surface area contributed by atoms with Crippen molar-refractivity contribution in [1.29, 1.82) is 0 Å². The Morgan fingerprint density at radius 1 is 1.03 bits per heavy atom. The van der Waals surface area contributed by atoms with Gasteiger partial charge in [-0.3, -0.25) is 9.59 Å². The molecule has 204 valence electrons. The summed E-state index contributed by atoms with van der Waals surface area (Å²) in [5.74, 6) is 1.00. The molecule has 0 saturated carbocycles. The molecule has 38 heavy (non-hydrogen) atoms. The first-order valence-electron chi connectivity index (χ1n) is 13.1. The molecule has 8 heteroatoms. The summed E-state index contributed by atoms with van der Waals surface area (Å²) < 4.78 is 12.5. The van der Waals surface area contributed by atoms with Gasteiger partial charge in [-0.15, -0.1) is 0 Å². The van der Waals surface area contributed by atoms with E-state index in [1.165, 1.54) is 7.11 Å². The smallest absolute Gasteiger partial charge is 0.258 e. The zero-order chi connectivity index (χ0) is 27.9. The fourth-order valence-corrected chi connectivity index (χ4v) is 4.13. The van der Waals surface area contributed by atoms with Gasteiger partial charge in [-0.25, -0.2) is 4.68 Å². The molecule has 0 aliphatic heterocycles. The molecule has 0 saturated heterocycles. The Kier molecular flexibility index (Phi) is 9.55. The summed E-state index contributed by atoms with van der Waals surface area (Å²) in [4.78, 5) is 28.5. The summed E-state index contributed by atoms with van der Waals surface area (Å²) in [6.07, 6.45) is 2.76. The van der Waals surface area contributed by atoms with Crippen molar-refractivity contribution in [2.45, 2.75) is 59.3 Å². The van der Waals surface area contributed by atoms with Crippen LogP contribution in [-0.2, 0) is 10.2 Å². The van der Waals surface area contributed by atoms with Gasteiger partial charge in [0.15, 0.2) is 0 Å². The number of hydrogen-bond acceptors (Lipinski definition) is 5. The van der Waals surface area contributed by atoms with Crippen LogP contribution in [0.3, 0.4) is 0 Å². The highest BCUT2D eigenvalue weighted by atomic mass is 16.5. The third-order valence-corrected chi connectivity index (χ3v) is 6.38. The number of para-hydroxylation sites is 1. The first kappa shape index (κ1) is 28.8. The summed E-state index contributed by atoms with van der Waals surface area (Å²) in [7, 11) is 3.07. The zero-order valence-corrected chi connectivity index (χ0v) is 23.6. The highest BCUT2D eigenvalue weighted by Crippen LogP contribution is 2.28. The number of benzene rings is 2. The van der Waals surface area contributed by atoms with Crippen molar-refractivity contribution >= 4 is 17.6 Å². The van der Waals surface area contributed by atoms with Gasteiger partial charge >= 0.3 is 0 Å². The number of nitrogens with zero attached hydrogens (tertiary/aromatic N) is 3. The fourth-order valence-electron chi connectivity index (χ4n) is 4.13. The van der Waals surface area contributed by atoms with Crippen molar-refractivity contribution < 1.29 is 19.1 Å². The van der Waals surface area contributed by atoms with E-state index in [2.05, 4.69) is 33.0 Å². The molecule has 1 aromatic heterocycles. The molecule has 0 aliphatic carbocycles. The van der Waals surface area contributed by atoms with Gasteiger partial charge in [0.05, 0.1) is 31.2 Å². The highest BCUT2D eigenvalue weighted by molar-refractivity contribution is 6.01. The molecule has 1 N–H and O–H groups in total. The van der Waals surface area contributed by atoms with Gasteiger partial charge in [-0.05, 0) is 37.1 Å². The molecular formula is C30H40N4O4. The standard InChI is InChI=1S/C30H40N4O4/c1-8-9-12-17-33(29(36)23-16-15-22(37-6)18-25(23)38-7)20-28(35)31-27-19-26(30(3,4)5)32-34(27)24-14-11-10-13-21(24)2/h10-11,13-16,18-19H,8-9,12,17,20H2,1-7H3,(H,31,35). The first-order valence-corrected chi connectivity index (χ1v) is 13.1. The van der Waals surface area contributed by atoms with Gasteiger partial charge < -0.3 is 19.7 Å². The molecule has 0 unspecified atom stereocenters. The average Bonchev–Trinajstić information content (AvgIpc) is 3.31. The quantitative estimate of drug-likeness (QED) is 0.325. The second kappa shape index (κ2) is 12.6. The number of carbonyl (C=O) groups is 2. The predicted molar refractivity (Wildman–Crippen MR) is 151 cm³/mol. The Morgan fingerprint density at radius 3 is 2.39 bits per heavy atom. The second-order valence-electron chi connectivity index (χ2n) is 10.4. The maximum absolute atomic E-state index is 13.6. The van der Waals surface area contributed by atoms with Crippen LogP contribution in [0.1, 0.15) is 68.6 Å². The van der Waals surface area contributed by atoms with Crippen molar-refractivity contribution in [3.8, 4) is 17.2 Å². The van der Waals surface area contributed by atoms with E-state index < -0.39 is 0 Å². The van der Waals surface area contributed by atoms with Gasteiger partial charge in [-0.2, -0.15) is 5.10 Å². The first-order chi connectivity index (χ1) is 18.1. The summed E-state index contributed by atoms with van der Waals surface area (Å²) in [6.45, 7) is 10.7. The highest BCUT2D eigenvalue weighted by Gasteiger charge is 2.25. The SMILES string of the molecule is CCCCCN(CC(=O)Nc1cc(C(C)(C)C)nn1-c1ccccc1C)C(=O)c1ccc(OC)cc1OC. The van der Waals surface area contributed by atoms with E-state index in [4.69, 9.17) is 14.6 Å². The van der Waals surface area contributed by atoms with Gasteiger partial charge in [-0.1, -0.05) is 58.7 Å². The molecule has 0 aliphatic rings. The van der Waals surface area contributed by atoms with Crippen molar-refractivity contribution in [2.75, 3.05) is 32.6 Å². The normalized spacial score (nSPS) is 11.2. The molecular weight excluding hydrogens is 480 g/mol. The van der Waals surface area contributed by atoms with Gasteiger partial charge in [0.25, 0.3) is 5.91 Å². The minimum Gasteiger partial charge on any atom is -0.497 e. The minimum absolute atomic E-state index is 0.0957. The molecule has 0 radical (unpaired) electrons. The van der Waals surface area contributed by atoms with Crippen molar-refractivity contribution in [3.63, 3.8) is 0 Å². The van der Waals surface area contributed by atoms with Crippen LogP contribution in [0.4, 0.5) is 5.82 Å². The van der Waals surface area contributed by atoms with Crippen molar-refractivity contribution in [1.82, 2.24) is 14.7 Å². The van der Waals surface area contributed by atoms with Crippen LogP contribution in [0.5, 0.6) is 11.5 Å². The van der Waals surface area contributed by atoms with Crippen molar-refractivity contribution in [3.05, 3.63) is 65.4 Å². The maximum Gasteiger partial charge on any atom is 0.258 e. The van der Waals surface area contributed by atoms with Crippen molar-refractivity contribution in [2.24, 2.45) is 0 Å². The number of rotatable bonds is 11. The number of aryl methyl sites for hydroxylation is 1. The third kappa shape index (κ3) is 6.94. The number of methoxy groups -OCH3 is 2. The lowest BCUT2D eigenvalue weighted by molar-refractivity contribution is -0.117. The molecule has 3 rings (SSSR count). The van der Waals surface area contributed by atoms with Gasteiger partial charge in [0.1, 0.15) is 23.9 Å². The molecule has 0 atom stereocenters. The average molecular weight is 521 g/mol. The van der Waals surface area contributed by atoms with E-state index >= 15 is 0 Å². The Morgan fingerprint density at radius 2 is 1.76 bits per heavy atom. The Balaban J connectivity index is 1.90. The molecule has 0 fully saturated rings. The van der Waals surface area contributed by atoms with Gasteiger partial charge in [0, 0.05) is 24.1 Å². The molecule has 0 bridgehead atoms. The van der Waals surface area contributed by atoms with E-state index in [1.54, 1.807) is 34.9 Å². The maximum atomic E-state index is 13.6. The van der Waals surface area contributed by atoms with E-state index in [1.807, 2.05) is 37.3 Å². The number of unbranched alkanes of at least 4 members (excludes halogenated alkanes) is 2. The van der Waals surface area contributed by atoms with Crippen LogP contribution >= 0.6 is 0 Å². The summed E-state index contributed by atoms with van der Waals surface area (Å²) >= 11 is 0. The van der Waals surface area contributed by atoms with E-state index in [-0.39, 0.29) is 23.8 Å². The monoisotopic (exact) mass is 520 g/mol. The Bertz CT molecular complexity index is 1260. The Labute approximate surface area is 225 Å². The predicted octanol–water partition coefficient (Wildman–Crippen LogP) is 5.77. The zero-order valence-electron chi connectivity index (χ0n) is 23.6. The lowest BCUT2D eigenvalue weighted by atomic mass is 9.92. The van der Waals surface area contributed by atoms with E-state index in [0.29, 0.717) is 29.4 Å². The number of aromatic nitrogens is 2. The molecule has 3 aromatic rings. The van der Waals surface area contributed by atoms with E-state index in [9.17, 15) is 9.59 Å². The molecule has 1 heterocycles. The third-order valence-electron chi connectivity index (χ3n) is 6.38. The second-order valence-corrected chi connectivity index (χ2v) is 10.4. The lowest BCUT2D eigenvalue weighted by Gasteiger charge is -2.23. The number of anilines is 1. The summed E-state index contributed by atoms with van der Waals surface area (Å²) in [5, 5.41) is 7.84. The minimum atomic E-state index is -0.294. The number of hydrogen-bond donors (Lipinski definition) is 1. The van der Waals surface area contributed by atoms with Crippen LogP contribution in [0, 0.1) is 6.92 Å². The Hall–Kier alpha value is -3.81. The van der Waals surface area contributed by atoms with Crippen LogP contribution in [0.15, 0.2) is 48.5 Å². The molecule has 2 aromatic carbocycles. The summed E-state index contributed by atoms with van der Waals surface area (Å²) in [5.41, 5.74) is 2.96. The molecule has 0 spiro atoms. The lowest BCUT2D eigenvalue weighted by Crippen LogP contribution is -2.39. The van der Waals surface area contributed by atoms with Crippen LogP contribution in [-0.4, -0.2) is 53.8 Å². The number of ether oxygens (including phenoxy) is 2. The summed E-state index contributed by atoms with van der Waals surface area (Å²) in [6, 6.07) is 14.9. The molecule has 8 nitrogen and oxygen atoms in total. The van der Waals surface area contributed by atoms with E-state index in [0.717, 1.165) is 36.2 Å². The number of nitrogens with one attached hydrogen (secondary N) is 1.